The van der Waals surface area contributed by atoms with Crippen LogP contribution in [0.5, 0.6) is 0 Å². The van der Waals surface area contributed by atoms with Gasteiger partial charge in [-0.25, -0.2) is 9.97 Å². The van der Waals surface area contributed by atoms with E-state index in [-0.39, 0.29) is 0 Å². The second-order valence-electron chi connectivity index (χ2n) is 4.76. The molecule has 1 aliphatic heterocycles. The maximum Gasteiger partial charge on any atom is 0.131 e. The predicted octanol–water partition coefficient (Wildman–Crippen LogP) is 1.22. The number of aromatic nitrogens is 2. The van der Waals surface area contributed by atoms with E-state index in [1.165, 1.54) is 11.3 Å². The summed E-state index contributed by atoms with van der Waals surface area (Å²) in [6, 6.07) is 0. The SMILES string of the molecule is CC(C)c1nc(CCN)c2c(n1)CCOCC2. The Balaban J connectivity index is 2.43. The van der Waals surface area contributed by atoms with E-state index in [0.29, 0.717) is 12.5 Å². The third-order valence-electron chi connectivity index (χ3n) is 3.07. The molecule has 0 spiro atoms. The summed E-state index contributed by atoms with van der Waals surface area (Å²) in [5.41, 5.74) is 9.24. The van der Waals surface area contributed by atoms with Crippen LogP contribution >= 0.6 is 0 Å². The van der Waals surface area contributed by atoms with Gasteiger partial charge in [0.25, 0.3) is 0 Å². The van der Waals surface area contributed by atoms with Gasteiger partial charge >= 0.3 is 0 Å². The molecule has 4 nitrogen and oxygen atoms in total. The molecule has 2 N–H and O–H groups in total. The second kappa shape index (κ2) is 5.56. The molecule has 0 atom stereocenters. The van der Waals surface area contributed by atoms with Crippen molar-refractivity contribution in [3.63, 3.8) is 0 Å². The molecule has 0 saturated carbocycles. The van der Waals surface area contributed by atoms with Crippen LogP contribution in [0.3, 0.4) is 0 Å². The van der Waals surface area contributed by atoms with Gasteiger partial charge in [0.15, 0.2) is 0 Å². The van der Waals surface area contributed by atoms with Gasteiger partial charge in [0.2, 0.25) is 0 Å². The fourth-order valence-electron chi connectivity index (χ4n) is 2.15. The zero-order chi connectivity index (χ0) is 12.3. The maximum atomic E-state index is 5.67. The van der Waals surface area contributed by atoms with Crippen molar-refractivity contribution in [2.24, 2.45) is 5.73 Å². The van der Waals surface area contributed by atoms with Crippen molar-refractivity contribution >= 4 is 0 Å². The lowest BCUT2D eigenvalue weighted by molar-refractivity contribution is 0.146. The highest BCUT2D eigenvalue weighted by Gasteiger charge is 2.17. The van der Waals surface area contributed by atoms with Gasteiger partial charge < -0.3 is 10.5 Å². The minimum atomic E-state index is 0.362. The number of ether oxygens (including phenoxy) is 1. The Hall–Kier alpha value is -1.00. The summed E-state index contributed by atoms with van der Waals surface area (Å²) in [7, 11) is 0. The molecule has 0 radical (unpaired) electrons. The summed E-state index contributed by atoms with van der Waals surface area (Å²) >= 11 is 0. The number of hydrogen-bond acceptors (Lipinski definition) is 4. The average Bonchev–Trinajstić information content (AvgIpc) is 2.54. The Morgan fingerprint density at radius 2 is 2.00 bits per heavy atom. The van der Waals surface area contributed by atoms with E-state index in [0.717, 1.165) is 44.0 Å². The summed E-state index contributed by atoms with van der Waals surface area (Å²) in [6.07, 6.45) is 2.66. The first-order valence-electron chi connectivity index (χ1n) is 6.38. The normalized spacial score (nSPS) is 15.8. The lowest BCUT2D eigenvalue weighted by Gasteiger charge is -2.14. The van der Waals surface area contributed by atoms with E-state index in [4.69, 9.17) is 10.5 Å². The van der Waals surface area contributed by atoms with Crippen molar-refractivity contribution < 1.29 is 4.74 Å². The molecule has 2 heterocycles. The van der Waals surface area contributed by atoms with Crippen LogP contribution in [-0.2, 0) is 24.0 Å². The van der Waals surface area contributed by atoms with Gasteiger partial charge in [-0.1, -0.05) is 13.8 Å². The first-order chi connectivity index (χ1) is 8.22. The van der Waals surface area contributed by atoms with Crippen molar-refractivity contribution in [1.82, 2.24) is 9.97 Å². The minimum Gasteiger partial charge on any atom is -0.381 e. The maximum absolute atomic E-state index is 5.67. The van der Waals surface area contributed by atoms with Crippen LogP contribution in [0.2, 0.25) is 0 Å². The average molecular weight is 235 g/mol. The largest absolute Gasteiger partial charge is 0.381 e. The van der Waals surface area contributed by atoms with Crippen molar-refractivity contribution in [1.29, 1.82) is 0 Å². The molecule has 0 fully saturated rings. The van der Waals surface area contributed by atoms with Crippen LogP contribution in [0.25, 0.3) is 0 Å². The summed E-state index contributed by atoms with van der Waals surface area (Å²) in [4.78, 5) is 9.35. The lowest BCUT2D eigenvalue weighted by atomic mass is 10.0. The molecule has 0 aliphatic carbocycles. The van der Waals surface area contributed by atoms with E-state index >= 15 is 0 Å². The van der Waals surface area contributed by atoms with Crippen molar-refractivity contribution in [2.75, 3.05) is 19.8 Å². The molecule has 4 heteroatoms. The number of nitrogens with two attached hydrogens (primary N) is 1. The fraction of sp³-hybridized carbons (Fsp3) is 0.692. The van der Waals surface area contributed by atoms with Crippen LogP contribution in [0.15, 0.2) is 0 Å². The summed E-state index contributed by atoms with van der Waals surface area (Å²) < 4.78 is 5.51. The first-order valence-corrected chi connectivity index (χ1v) is 6.38. The molecule has 1 aliphatic rings. The standard InChI is InChI=1S/C13H21N3O/c1-9(2)13-15-11(3-6-14)10-4-7-17-8-5-12(10)16-13/h9H,3-8,14H2,1-2H3. The van der Waals surface area contributed by atoms with E-state index in [1.807, 2.05) is 0 Å². The van der Waals surface area contributed by atoms with Crippen LogP contribution in [0, 0.1) is 0 Å². The Labute approximate surface area is 103 Å². The number of rotatable bonds is 3. The molecule has 0 amide bonds. The molecule has 0 unspecified atom stereocenters. The molecule has 0 aromatic carbocycles. The van der Waals surface area contributed by atoms with Gasteiger partial charge in [-0.2, -0.15) is 0 Å². The zero-order valence-electron chi connectivity index (χ0n) is 10.7. The highest BCUT2D eigenvalue weighted by molar-refractivity contribution is 5.28. The lowest BCUT2D eigenvalue weighted by Crippen LogP contribution is -2.14. The van der Waals surface area contributed by atoms with Crippen molar-refractivity contribution in [3.05, 3.63) is 22.8 Å². The third-order valence-corrected chi connectivity index (χ3v) is 3.07. The Kier molecular flexibility index (Phi) is 4.07. The summed E-state index contributed by atoms with van der Waals surface area (Å²) in [5.74, 6) is 1.30. The van der Waals surface area contributed by atoms with Gasteiger partial charge in [-0.3, -0.25) is 0 Å². The first kappa shape index (κ1) is 12.5. The van der Waals surface area contributed by atoms with E-state index in [9.17, 15) is 0 Å². The van der Waals surface area contributed by atoms with Gasteiger partial charge in [0.1, 0.15) is 5.82 Å². The molecule has 1 aromatic heterocycles. The monoisotopic (exact) mass is 235 g/mol. The molecule has 94 valence electrons. The quantitative estimate of drug-likeness (QED) is 0.855. The van der Waals surface area contributed by atoms with Gasteiger partial charge in [-0.05, 0) is 18.5 Å². The Morgan fingerprint density at radius 1 is 1.24 bits per heavy atom. The van der Waals surface area contributed by atoms with Crippen LogP contribution < -0.4 is 5.73 Å². The highest BCUT2D eigenvalue weighted by Crippen LogP contribution is 2.20. The number of nitrogens with zero attached hydrogens (tertiary/aromatic N) is 2. The molecule has 0 saturated heterocycles. The summed E-state index contributed by atoms with van der Waals surface area (Å²) in [5, 5.41) is 0. The molecule has 1 aromatic rings. The predicted molar refractivity (Wildman–Crippen MR) is 67.1 cm³/mol. The molecule has 0 bridgehead atoms. The number of hydrogen-bond donors (Lipinski definition) is 1. The third kappa shape index (κ3) is 2.82. The van der Waals surface area contributed by atoms with Gasteiger partial charge in [0, 0.05) is 30.1 Å². The topological polar surface area (TPSA) is 61.0 Å². The van der Waals surface area contributed by atoms with E-state index < -0.39 is 0 Å². The van der Waals surface area contributed by atoms with Gasteiger partial charge in [-0.15, -0.1) is 0 Å². The molecular weight excluding hydrogens is 214 g/mol. The Bertz CT molecular complexity index is 390. The van der Waals surface area contributed by atoms with Crippen LogP contribution in [0.4, 0.5) is 0 Å². The zero-order valence-corrected chi connectivity index (χ0v) is 10.7. The van der Waals surface area contributed by atoms with Crippen molar-refractivity contribution in [2.45, 2.75) is 39.0 Å². The highest BCUT2D eigenvalue weighted by atomic mass is 16.5. The second-order valence-corrected chi connectivity index (χ2v) is 4.76. The molecule has 17 heavy (non-hydrogen) atoms. The van der Waals surface area contributed by atoms with E-state index in [1.54, 1.807) is 0 Å². The minimum absolute atomic E-state index is 0.362. The number of fused-ring (bicyclic) bond motifs is 1. The van der Waals surface area contributed by atoms with Crippen LogP contribution in [-0.4, -0.2) is 29.7 Å². The Morgan fingerprint density at radius 3 is 2.71 bits per heavy atom. The summed E-state index contributed by atoms with van der Waals surface area (Å²) in [6.45, 7) is 6.43. The smallest absolute Gasteiger partial charge is 0.131 e. The van der Waals surface area contributed by atoms with Crippen LogP contribution in [0.1, 0.15) is 42.5 Å². The molecular formula is C13H21N3O. The van der Waals surface area contributed by atoms with E-state index in [2.05, 4.69) is 23.8 Å². The fourth-order valence-corrected chi connectivity index (χ4v) is 2.15. The molecule has 2 rings (SSSR count). The van der Waals surface area contributed by atoms with Gasteiger partial charge in [0.05, 0.1) is 13.2 Å². The van der Waals surface area contributed by atoms with Crippen molar-refractivity contribution in [3.8, 4) is 0 Å².